The summed E-state index contributed by atoms with van der Waals surface area (Å²) >= 11 is 0. The fraction of sp³-hybridized carbons (Fsp3) is 0.611. The predicted molar refractivity (Wildman–Crippen MR) is 96.2 cm³/mol. The van der Waals surface area contributed by atoms with Crippen LogP contribution >= 0.6 is 0 Å². The van der Waals surface area contributed by atoms with E-state index in [9.17, 15) is 9.18 Å². The van der Waals surface area contributed by atoms with Gasteiger partial charge in [0.2, 0.25) is 5.91 Å². The lowest BCUT2D eigenvalue weighted by molar-refractivity contribution is -0.118. The van der Waals surface area contributed by atoms with Gasteiger partial charge in [0.1, 0.15) is 5.82 Å². The summed E-state index contributed by atoms with van der Waals surface area (Å²) < 4.78 is 26.6. The summed E-state index contributed by atoms with van der Waals surface area (Å²) in [6, 6.07) is 5.14. The van der Waals surface area contributed by atoms with Crippen LogP contribution in [-0.2, 0) is 14.1 Å². The molecule has 0 bridgehead atoms. The van der Waals surface area contributed by atoms with Crippen molar-refractivity contribution in [3.8, 4) is 0 Å². The average Bonchev–Trinajstić information content (AvgIpc) is 3.01. The summed E-state index contributed by atoms with van der Waals surface area (Å²) in [4.78, 5) is 13.2. The highest BCUT2D eigenvalue weighted by Crippen LogP contribution is 2.37. The summed E-state index contributed by atoms with van der Waals surface area (Å²) in [5.41, 5.74) is 5.49. The lowest BCUT2D eigenvalue weighted by atomic mass is 9.78. The van der Waals surface area contributed by atoms with Crippen molar-refractivity contribution in [2.24, 2.45) is 11.7 Å². The zero-order chi connectivity index (χ0) is 18.4. The minimum atomic E-state index is -0.708. The van der Waals surface area contributed by atoms with Gasteiger partial charge >= 0.3 is 7.12 Å². The lowest BCUT2D eigenvalue weighted by Gasteiger charge is -2.32. The molecule has 2 N–H and O–H groups in total. The fourth-order valence-corrected chi connectivity index (χ4v) is 3.39. The van der Waals surface area contributed by atoms with Crippen molar-refractivity contribution in [2.75, 3.05) is 18.0 Å². The molecule has 2 fully saturated rings. The molecule has 0 radical (unpaired) electrons. The standard InChI is InChI=1S/C18H26BFN2O3/c1-17(2)18(3,4)25-19(24-17)14-6-5-13(10-15(14)20)22-8-7-12(11-22)9-16(21)23/h5-6,10,12H,7-9,11H2,1-4H3,(H2,21,23). The van der Waals surface area contributed by atoms with Crippen LogP contribution in [0.2, 0.25) is 0 Å². The van der Waals surface area contributed by atoms with E-state index in [-0.39, 0.29) is 17.6 Å². The molecule has 2 saturated heterocycles. The minimum absolute atomic E-state index is 0.239. The molecule has 136 valence electrons. The van der Waals surface area contributed by atoms with Crippen molar-refractivity contribution in [3.63, 3.8) is 0 Å². The smallest absolute Gasteiger partial charge is 0.399 e. The Balaban J connectivity index is 1.73. The first-order chi connectivity index (χ1) is 11.6. The van der Waals surface area contributed by atoms with Gasteiger partial charge in [-0.1, -0.05) is 6.07 Å². The number of nitrogens with zero attached hydrogens (tertiary/aromatic N) is 1. The Bertz CT molecular complexity index is 664. The quantitative estimate of drug-likeness (QED) is 0.844. The van der Waals surface area contributed by atoms with Crippen LogP contribution in [0.25, 0.3) is 0 Å². The molecule has 25 heavy (non-hydrogen) atoms. The number of amides is 1. The molecule has 2 aliphatic rings. The Hall–Kier alpha value is -1.60. The first kappa shape index (κ1) is 18.2. The third-order valence-corrected chi connectivity index (χ3v) is 5.63. The number of primary amides is 1. The van der Waals surface area contributed by atoms with E-state index >= 15 is 0 Å². The maximum atomic E-state index is 14.7. The Morgan fingerprint density at radius 1 is 1.32 bits per heavy atom. The third-order valence-electron chi connectivity index (χ3n) is 5.63. The second-order valence-corrected chi connectivity index (χ2v) is 8.07. The van der Waals surface area contributed by atoms with Crippen molar-refractivity contribution in [1.82, 2.24) is 0 Å². The number of anilines is 1. The summed E-state index contributed by atoms with van der Waals surface area (Å²) in [7, 11) is -0.708. The molecule has 1 aromatic rings. The molecular formula is C18H26BFN2O3. The normalized spacial score (nSPS) is 24.8. The van der Waals surface area contributed by atoms with Gasteiger partial charge in [-0.05, 0) is 52.2 Å². The van der Waals surface area contributed by atoms with Gasteiger partial charge in [0.25, 0.3) is 0 Å². The number of halogens is 1. The molecule has 3 rings (SSSR count). The molecule has 1 aromatic carbocycles. The van der Waals surface area contributed by atoms with E-state index in [2.05, 4.69) is 4.90 Å². The van der Waals surface area contributed by atoms with Crippen molar-refractivity contribution in [1.29, 1.82) is 0 Å². The van der Waals surface area contributed by atoms with Crippen LogP contribution in [0.4, 0.5) is 10.1 Å². The van der Waals surface area contributed by atoms with Gasteiger partial charge in [-0.2, -0.15) is 0 Å². The van der Waals surface area contributed by atoms with E-state index in [0.717, 1.165) is 25.2 Å². The molecule has 5 nitrogen and oxygen atoms in total. The van der Waals surface area contributed by atoms with Crippen LogP contribution in [0.1, 0.15) is 40.5 Å². The summed E-state index contributed by atoms with van der Waals surface area (Å²) in [5.74, 6) is -0.383. The van der Waals surface area contributed by atoms with Crippen molar-refractivity contribution in [3.05, 3.63) is 24.0 Å². The lowest BCUT2D eigenvalue weighted by Crippen LogP contribution is -2.41. The average molecular weight is 348 g/mol. The minimum Gasteiger partial charge on any atom is -0.399 e. The molecule has 1 unspecified atom stereocenters. The van der Waals surface area contributed by atoms with Gasteiger partial charge in [-0.3, -0.25) is 4.79 Å². The molecule has 2 heterocycles. The van der Waals surface area contributed by atoms with Gasteiger partial charge in [0.05, 0.1) is 11.2 Å². The fourth-order valence-electron chi connectivity index (χ4n) is 3.39. The second kappa shape index (κ2) is 6.29. The van der Waals surface area contributed by atoms with Gasteiger partial charge in [-0.15, -0.1) is 0 Å². The predicted octanol–water partition coefficient (Wildman–Crippen LogP) is 1.83. The topological polar surface area (TPSA) is 64.8 Å². The zero-order valence-corrected chi connectivity index (χ0v) is 15.3. The number of carbonyl (C=O) groups excluding carboxylic acids is 1. The van der Waals surface area contributed by atoms with Crippen LogP contribution < -0.4 is 16.1 Å². The molecular weight excluding hydrogens is 322 g/mol. The number of hydrogen-bond donors (Lipinski definition) is 1. The number of nitrogens with two attached hydrogens (primary N) is 1. The molecule has 0 saturated carbocycles. The van der Waals surface area contributed by atoms with Gasteiger partial charge < -0.3 is 19.9 Å². The van der Waals surface area contributed by atoms with Crippen LogP contribution in [0, 0.1) is 11.7 Å². The molecule has 0 aliphatic carbocycles. The van der Waals surface area contributed by atoms with E-state index in [1.807, 2.05) is 33.8 Å². The first-order valence-electron chi connectivity index (χ1n) is 8.77. The highest BCUT2D eigenvalue weighted by Gasteiger charge is 2.52. The van der Waals surface area contributed by atoms with Crippen LogP contribution in [0.3, 0.4) is 0 Å². The number of hydrogen-bond acceptors (Lipinski definition) is 4. The van der Waals surface area contributed by atoms with Crippen molar-refractivity contribution in [2.45, 2.75) is 51.7 Å². The SMILES string of the molecule is CC1(C)OB(c2ccc(N3CCC(CC(N)=O)C3)cc2F)OC1(C)C. The Labute approximate surface area is 148 Å². The summed E-state index contributed by atoms with van der Waals surface area (Å²) in [5, 5.41) is 0. The molecule has 7 heteroatoms. The Morgan fingerprint density at radius 3 is 2.52 bits per heavy atom. The Kier molecular flexibility index (Phi) is 4.58. The van der Waals surface area contributed by atoms with E-state index in [1.54, 1.807) is 6.07 Å². The van der Waals surface area contributed by atoms with E-state index in [1.165, 1.54) is 6.07 Å². The molecule has 1 amide bonds. The van der Waals surface area contributed by atoms with E-state index < -0.39 is 18.3 Å². The van der Waals surface area contributed by atoms with Gasteiger partial charge in [0, 0.05) is 30.7 Å². The largest absolute Gasteiger partial charge is 0.497 e. The van der Waals surface area contributed by atoms with Crippen molar-refractivity contribution < 1.29 is 18.5 Å². The molecule has 0 aromatic heterocycles. The van der Waals surface area contributed by atoms with Crippen LogP contribution in [0.15, 0.2) is 18.2 Å². The van der Waals surface area contributed by atoms with Crippen LogP contribution in [0.5, 0.6) is 0 Å². The van der Waals surface area contributed by atoms with E-state index in [4.69, 9.17) is 15.0 Å². The zero-order valence-electron chi connectivity index (χ0n) is 15.3. The maximum Gasteiger partial charge on any atom is 0.497 e. The highest BCUT2D eigenvalue weighted by atomic mass is 19.1. The molecule has 2 aliphatic heterocycles. The number of rotatable bonds is 4. The molecule has 1 atom stereocenters. The first-order valence-corrected chi connectivity index (χ1v) is 8.77. The highest BCUT2D eigenvalue weighted by molar-refractivity contribution is 6.62. The maximum absolute atomic E-state index is 14.7. The van der Waals surface area contributed by atoms with Crippen LogP contribution in [-0.4, -0.2) is 37.3 Å². The number of carbonyl (C=O) groups is 1. The molecule has 0 spiro atoms. The second-order valence-electron chi connectivity index (χ2n) is 8.07. The number of benzene rings is 1. The van der Waals surface area contributed by atoms with E-state index in [0.29, 0.717) is 11.9 Å². The summed E-state index contributed by atoms with van der Waals surface area (Å²) in [6.07, 6.45) is 1.27. The Morgan fingerprint density at radius 2 is 1.96 bits per heavy atom. The van der Waals surface area contributed by atoms with Crippen molar-refractivity contribution >= 4 is 24.2 Å². The monoisotopic (exact) mass is 348 g/mol. The van der Waals surface area contributed by atoms with Gasteiger partial charge in [0.15, 0.2) is 0 Å². The van der Waals surface area contributed by atoms with Gasteiger partial charge in [-0.25, -0.2) is 4.39 Å². The summed E-state index contributed by atoms with van der Waals surface area (Å²) in [6.45, 7) is 9.31. The third kappa shape index (κ3) is 3.53.